The van der Waals surface area contributed by atoms with Crippen molar-refractivity contribution in [3.63, 3.8) is 0 Å². The van der Waals surface area contributed by atoms with E-state index in [9.17, 15) is 9.59 Å². The summed E-state index contributed by atoms with van der Waals surface area (Å²) >= 11 is 0. The minimum absolute atomic E-state index is 0.00781. The molecular weight excluding hydrogens is 304 g/mol. The summed E-state index contributed by atoms with van der Waals surface area (Å²) in [5, 5.41) is 2.85. The molecule has 2 amide bonds. The molecule has 0 atom stereocenters. The summed E-state index contributed by atoms with van der Waals surface area (Å²) in [7, 11) is 3.36. The highest BCUT2D eigenvalue weighted by Gasteiger charge is 2.06. The number of carbonyl (C=O) groups excluding carboxylic acids is 2. The van der Waals surface area contributed by atoms with Crippen LogP contribution in [0.2, 0.25) is 0 Å². The molecule has 24 heavy (non-hydrogen) atoms. The molecular formula is C19H22N2O3. The van der Waals surface area contributed by atoms with Gasteiger partial charge in [-0.05, 0) is 36.8 Å². The zero-order valence-corrected chi connectivity index (χ0v) is 14.2. The molecule has 2 aromatic rings. The molecule has 0 unspecified atom stereocenters. The SMILES string of the molecule is Cc1ccc(CC(=O)Nc2ccc(OCC(=O)N(C)C)cc2)cc1. The lowest BCUT2D eigenvalue weighted by Crippen LogP contribution is -2.27. The van der Waals surface area contributed by atoms with Crippen LogP contribution in [0, 0.1) is 6.92 Å². The number of anilines is 1. The number of hydrogen-bond acceptors (Lipinski definition) is 3. The van der Waals surface area contributed by atoms with E-state index in [1.807, 2.05) is 31.2 Å². The summed E-state index contributed by atoms with van der Waals surface area (Å²) in [5.41, 5.74) is 2.83. The summed E-state index contributed by atoms with van der Waals surface area (Å²) in [5.74, 6) is 0.405. The van der Waals surface area contributed by atoms with Crippen LogP contribution in [0.4, 0.5) is 5.69 Å². The largest absolute Gasteiger partial charge is 0.484 e. The van der Waals surface area contributed by atoms with Gasteiger partial charge in [-0.25, -0.2) is 0 Å². The van der Waals surface area contributed by atoms with Gasteiger partial charge in [0.1, 0.15) is 5.75 Å². The summed E-state index contributed by atoms with van der Waals surface area (Å²) in [4.78, 5) is 25.0. The van der Waals surface area contributed by atoms with Gasteiger partial charge < -0.3 is 15.0 Å². The third-order valence-electron chi connectivity index (χ3n) is 3.48. The van der Waals surface area contributed by atoms with Gasteiger partial charge in [0.15, 0.2) is 6.61 Å². The molecule has 126 valence electrons. The number of rotatable bonds is 6. The molecule has 0 aliphatic carbocycles. The monoisotopic (exact) mass is 326 g/mol. The number of hydrogen-bond donors (Lipinski definition) is 1. The van der Waals surface area contributed by atoms with Crippen LogP contribution in [-0.4, -0.2) is 37.4 Å². The van der Waals surface area contributed by atoms with Crippen molar-refractivity contribution in [3.05, 3.63) is 59.7 Å². The Kier molecular flexibility index (Phi) is 5.95. The zero-order chi connectivity index (χ0) is 17.5. The van der Waals surface area contributed by atoms with E-state index in [0.717, 1.165) is 5.56 Å². The lowest BCUT2D eigenvalue weighted by Gasteiger charge is -2.11. The van der Waals surface area contributed by atoms with Crippen LogP contribution in [0.5, 0.6) is 5.75 Å². The molecule has 0 radical (unpaired) electrons. The number of nitrogens with one attached hydrogen (secondary N) is 1. The van der Waals surface area contributed by atoms with Gasteiger partial charge in [-0.2, -0.15) is 0 Å². The first-order valence-corrected chi connectivity index (χ1v) is 7.72. The van der Waals surface area contributed by atoms with Crippen molar-refractivity contribution < 1.29 is 14.3 Å². The number of nitrogens with zero attached hydrogens (tertiary/aromatic N) is 1. The summed E-state index contributed by atoms with van der Waals surface area (Å²) < 4.78 is 5.39. The average molecular weight is 326 g/mol. The molecule has 0 aliphatic heterocycles. The molecule has 2 aromatic carbocycles. The summed E-state index contributed by atoms with van der Waals surface area (Å²) in [6, 6.07) is 14.8. The van der Waals surface area contributed by atoms with E-state index in [1.54, 1.807) is 38.4 Å². The van der Waals surface area contributed by atoms with Crippen molar-refractivity contribution in [2.75, 3.05) is 26.0 Å². The molecule has 0 saturated carbocycles. The highest BCUT2D eigenvalue weighted by molar-refractivity contribution is 5.92. The van der Waals surface area contributed by atoms with Crippen LogP contribution in [0.25, 0.3) is 0 Å². The molecule has 0 aliphatic rings. The van der Waals surface area contributed by atoms with Gasteiger partial charge in [0, 0.05) is 19.8 Å². The van der Waals surface area contributed by atoms with Crippen molar-refractivity contribution in [1.82, 2.24) is 4.90 Å². The second-order valence-electron chi connectivity index (χ2n) is 5.81. The van der Waals surface area contributed by atoms with Crippen molar-refractivity contribution in [2.24, 2.45) is 0 Å². The third-order valence-corrected chi connectivity index (χ3v) is 3.48. The van der Waals surface area contributed by atoms with Gasteiger partial charge in [0.25, 0.3) is 5.91 Å². The van der Waals surface area contributed by atoms with Crippen molar-refractivity contribution >= 4 is 17.5 Å². The number of amides is 2. The Morgan fingerprint density at radius 1 is 1.00 bits per heavy atom. The molecule has 5 heteroatoms. The van der Waals surface area contributed by atoms with Gasteiger partial charge >= 0.3 is 0 Å². The first kappa shape index (κ1) is 17.5. The number of ether oxygens (including phenoxy) is 1. The van der Waals surface area contributed by atoms with Gasteiger partial charge in [-0.15, -0.1) is 0 Å². The Morgan fingerprint density at radius 3 is 2.21 bits per heavy atom. The predicted molar refractivity (Wildman–Crippen MR) is 94.1 cm³/mol. The molecule has 0 bridgehead atoms. The van der Waals surface area contributed by atoms with E-state index in [4.69, 9.17) is 4.74 Å². The van der Waals surface area contributed by atoms with E-state index in [0.29, 0.717) is 17.9 Å². The second kappa shape index (κ2) is 8.15. The van der Waals surface area contributed by atoms with Crippen LogP contribution < -0.4 is 10.1 Å². The highest BCUT2D eigenvalue weighted by Crippen LogP contribution is 2.16. The minimum atomic E-state index is -0.106. The summed E-state index contributed by atoms with van der Waals surface area (Å²) in [6.07, 6.45) is 0.329. The van der Waals surface area contributed by atoms with Crippen molar-refractivity contribution in [1.29, 1.82) is 0 Å². The third kappa shape index (κ3) is 5.43. The molecule has 1 N–H and O–H groups in total. The number of likely N-dealkylation sites (N-methyl/N-ethyl adjacent to an activating group) is 1. The standard InChI is InChI=1S/C19H22N2O3/c1-14-4-6-15(7-5-14)12-18(22)20-16-8-10-17(11-9-16)24-13-19(23)21(2)3/h4-11H,12-13H2,1-3H3,(H,20,22). The quantitative estimate of drug-likeness (QED) is 0.888. The Hall–Kier alpha value is -2.82. The maximum Gasteiger partial charge on any atom is 0.259 e. The van der Waals surface area contributed by atoms with E-state index in [1.165, 1.54) is 10.5 Å². The van der Waals surface area contributed by atoms with E-state index in [-0.39, 0.29) is 18.4 Å². The first-order valence-electron chi connectivity index (χ1n) is 7.72. The maximum absolute atomic E-state index is 12.0. The maximum atomic E-state index is 12.0. The smallest absolute Gasteiger partial charge is 0.259 e. The number of aryl methyl sites for hydroxylation is 1. The lowest BCUT2D eigenvalue weighted by molar-refractivity contribution is -0.130. The van der Waals surface area contributed by atoms with Crippen LogP contribution >= 0.6 is 0 Å². The Bertz CT molecular complexity index is 692. The van der Waals surface area contributed by atoms with Crippen molar-refractivity contribution in [2.45, 2.75) is 13.3 Å². The normalized spacial score (nSPS) is 10.1. The fourth-order valence-electron chi connectivity index (χ4n) is 2.01. The van der Waals surface area contributed by atoms with Gasteiger partial charge in [0.2, 0.25) is 5.91 Å². The minimum Gasteiger partial charge on any atom is -0.484 e. The Balaban J connectivity index is 1.85. The second-order valence-corrected chi connectivity index (χ2v) is 5.81. The topological polar surface area (TPSA) is 58.6 Å². The fraction of sp³-hybridized carbons (Fsp3) is 0.263. The molecule has 0 spiro atoms. The first-order chi connectivity index (χ1) is 11.4. The average Bonchev–Trinajstić information content (AvgIpc) is 2.56. The van der Waals surface area contributed by atoms with Crippen LogP contribution in [0.1, 0.15) is 11.1 Å². The van der Waals surface area contributed by atoms with Crippen molar-refractivity contribution in [3.8, 4) is 5.75 Å². The Morgan fingerprint density at radius 2 is 1.62 bits per heavy atom. The van der Waals surface area contributed by atoms with E-state index in [2.05, 4.69) is 5.32 Å². The molecule has 5 nitrogen and oxygen atoms in total. The van der Waals surface area contributed by atoms with Crippen LogP contribution in [0.15, 0.2) is 48.5 Å². The molecule has 0 saturated heterocycles. The number of carbonyl (C=O) groups is 2. The van der Waals surface area contributed by atoms with Gasteiger partial charge in [-0.3, -0.25) is 9.59 Å². The predicted octanol–water partition coefficient (Wildman–Crippen LogP) is 2.64. The Labute approximate surface area is 142 Å². The molecule has 2 rings (SSSR count). The van der Waals surface area contributed by atoms with E-state index >= 15 is 0 Å². The van der Waals surface area contributed by atoms with E-state index < -0.39 is 0 Å². The van der Waals surface area contributed by atoms with Gasteiger partial charge in [-0.1, -0.05) is 29.8 Å². The lowest BCUT2D eigenvalue weighted by atomic mass is 10.1. The highest BCUT2D eigenvalue weighted by atomic mass is 16.5. The summed E-state index contributed by atoms with van der Waals surface area (Å²) in [6.45, 7) is 2.01. The van der Waals surface area contributed by atoms with Gasteiger partial charge in [0.05, 0.1) is 6.42 Å². The molecule has 0 aromatic heterocycles. The number of benzene rings is 2. The van der Waals surface area contributed by atoms with Crippen LogP contribution in [-0.2, 0) is 16.0 Å². The molecule has 0 fully saturated rings. The fourth-order valence-corrected chi connectivity index (χ4v) is 2.01. The van der Waals surface area contributed by atoms with Crippen LogP contribution in [0.3, 0.4) is 0 Å². The molecule has 0 heterocycles. The zero-order valence-electron chi connectivity index (χ0n) is 14.2.